The van der Waals surface area contributed by atoms with Crippen molar-refractivity contribution in [3.05, 3.63) is 71.8 Å². The molecule has 1 aliphatic rings. The minimum absolute atomic E-state index is 0.102. The molecule has 1 unspecified atom stereocenters. The number of piperidine rings is 1. The Kier molecular flexibility index (Phi) is 9.95. The van der Waals surface area contributed by atoms with E-state index in [0.717, 1.165) is 43.8 Å². The molecule has 2 aromatic rings. The Hall–Kier alpha value is -2.66. The van der Waals surface area contributed by atoms with Crippen LogP contribution >= 0.6 is 12.6 Å². The van der Waals surface area contributed by atoms with Crippen molar-refractivity contribution in [2.24, 2.45) is 5.92 Å². The average Bonchev–Trinajstić information content (AvgIpc) is 2.87. The highest BCUT2D eigenvalue weighted by molar-refractivity contribution is 7.80. The fraction of sp³-hybridized carbons (Fsp3) is 0.393. The summed E-state index contributed by atoms with van der Waals surface area (Å²) in [7, 11) is 1.95. The third kappa shape index (κ3) is 7.43. The Morgan fingerprint density at radius 2 is 2.00 bits per heavy atom. The normalized spacial score (nSPS) is 16.8. The number of nitrogens with zero attached hydrogens (tertiary/aromatic N) is 1. The van der Waals surface area contributed by atoms with Crippen molar-refractivity contribution >= 4 is 41.6 Å². The number of anilines is 2. The number of para-hydroxylation sites is 1. The highest BCUT2D eigenvalue weighted by Gasteiger charge is 2.21. The second kappa shape index (κ2) is 13.1. The van der Waals surface area contributed by atoms with Crippen LogP contribution in [0.1, 0.15) is 43.7 Å². The molecular formula is C28H36N2O2S. The lowest BCUT2D eigenvalue weighted by Crippen LogP contribution is -2.37. The lowest BCUT2D eigenvalue weighted by atomic mass is 9.98. The maximum atomic E-state index is 11.8. The summed E-state index contributed by atoms with van der Waals surface area (Å²) in [5.41, 5.74) is 5.90. The summed E-state index contributed by atoms with van der Waals surface area (Å²) in [6.45, 7) is 4.56. The quantitative estimate of drug-likeness (QED) is 0.245. The Morgan fingerprint density at radius 3 is 2.73 bits per heavy atom. The molecule has 1 N–H and O–H groups in total. The second-order valence-electron chi connectivity index (χ2n) is 8.43. The molecule has 3 rings (SSSR count). The summed E-state index contributed by atoms with van der Waals surface area (Å²) >= 11 is 4.15. The van der Waals surface area contributed by atoms with Crippen LogP contribution in [0.25, 0.3) is 11.6 Å². The zero-order chi connectivity index (χ0) is 23.5. The number of rotatable bonds is 10. The number of hydrogen-bond acceptors (Lipinski definition) is 5. The van der Waals surface area contributed by atoms with Crippen LogP contribution in [0.3, 0.4) is 0 Å². The highest BCUT2D eigenvalue weighted by Crippen LogP contribution is 2.27. The number of esters is 1. The van der Waals surface area contributed by atoms with Gasteiger partial charge < -0.3 is 15.0 Å². The standard InChI is InChI=1S/C28H36N2O2S/c1-3-24(26-9-4-5-10-27(26)29-2)15-12-22-13-16-25(17-14-22)30-18-6-8-23(20-30)21-32-28(31)11-7-19-33/h3-5,9-10,12-17,23,29,33H,6-8,11,18-21H2,1-2H3/b15-12+,24-3-. The van der Waals surface area contributed by atoms with Gasteiger partial charge in [-0.25, -0.2) is 0 Å². The Labute approximate surface area is 204 Å². The van der Waals surface area contributed by atoms with E-state index in [0.29, 0.717) is 18.9 Å². The monoisotopic (exact) mass is 464 g/mol. The number of carbonyl (C=O) groups excluding carboxylic acids is 1. The van der Waals surface area contributed by atoms with Gasteiger partial charge in [-0.3, -0.25) is 4.79 Å². The van der Waals surface area contributed by atoms with Crippen molar-refractivity contribution in [2.45, 2.75) is 32.6 Å². The largest absolute Gasteiger partial charge is 0.465 e. The summed E-state index contributed by atoms with van der Waals surface area (Å²) in [6.07, 6.45) is 9.94. The summed E-state index contributed by atoms with van der Waals surface area (Å²) in [5, 5.41) is 3.27. The van der Waals surface area contributed by atoms with E-state index in [2.05, 4.69) is 90.5 Å². The van der Waals surface area contributed by atoms with Crippen LogP contribution in [-0.2, 0) is 9.53 Å². The van der Waals surface area contributed by atoms with E-state index in [9.17, 15) is 4.79 Å². The van der Waals surface area contributed by atoms with Crippen LogP contribution in [0, 0.1) is 5.92 Å². The third-order valence-electron chi connectivity index (χ3n) is 6.07. The maximum Gasteiger partial charge on any atom is 0.305 e. The van der Waals surface area contributed by atoms with E-state index in [1.54, 1.807) is 0 Å². The van der Waals surface area contributed by atoms with Crippen LogP contribution in [0.15, 0.2) is 60.7 Å². The van der Waals surface area contributed by atoms with Gasteiger partial charge in [0.1, 0.15) is 0 Å². The first-order valence-corrected chi connectivity index (χ1v) is 12.5. The van der Waals surface area contributed by atoms with Gasteiger partial charge >= 0.3 is 5.97 Å². The van der Waals surface area contributed by atoms with E-state index >= 15 is 0 Å². The second-order valence-corrected chi connectivity index (χ2v) is 8.88. The molecule has 0 amide bonds. The van der Waals surface area contributed by atoms with Crippen molar-refractivity contribution in [3.8, 4) is 0 Å². The predicted octanol–water partition coefficient (Wildman–Crippen LogP) is 6.31. The summed E-state index contributed by atoms with van der Waals surface area (Å²) in [5.74, 6) is 1.01. The van der Waals surface area contributed by atoms with E-state index in [4.69, 9.17) is 4.74 Å². The Morgan fingerprint density at radius 1 is 1.21 bits per heavy atom. The smallest absolute Gasteiger partial charge is 0.305 e. The number of hydrogen-bond donors (Lipinski definition) is 2. The SMILES string of the molecule is C/C=C(/C=C/c1ccc(N2CCCC(COC(=O)CCCS)C2)cc1)c1ccccc1NC. The summed E-state index contributed by atoms with van der Waals surface area (Å²) < 4.78 is 5.49. The van der Waals surface area contributed by atoms with Crippen LogP contribution in [0.4, 0.5) is 11.4 Å². The summed E-state index contributed by atoms with van der Waals surface area (Å²) in [4.78, 5) is 14.2. The zero-order valence-corrected chi connectivity index (χ0v) is 20.7. The molecule has 0 aliphatic carbocycles. The third-order valence-corrected chi connectivity index (χ3v) is 6.39. The van der Waals surface area contributed by atoms with Gasteiger partial charge in [-0.15, -0.1) is 0 Å². The molecule has 0 bridgehead atoms. The van der Waals surface area contributed by atoms with Gasteiger partial charge in [0.15, 0.2) is 0 Å². The number of thiol groups is 1. The van der Waals surface area contributed by atoms with Gasteiger partial charge in [0.2, 0.25) is 0 Å². The van der Waals surface area contributed by atoms with E-state index in [1.165, 1.54) is 22.4 Å². The zero-order valence-electron chi connectivity index (χ0n) is 19.8. The lowest BCUT2D eigenvalue weighted by molar-refractivity contribution is -0.145. The van der Waals surface area contributed by atoms with Crippen molar-refractivity contribution in [1.82, 2.24) is 0 Å². The highest BCUT2D eigenvalue weighted by atomic mass is 32.1. The lowest BCUT2D eigenvalue weighted by Gasteiger charge is -2.34. The van der Waals surface area contributed by atoms with Gasteiger partial charge in [-0.1, -0.05) is 48.6 Å². The molecular weight excluding hydrogens is 428 g/mol. The Balaban J connectivity index is 1.58. The number of nitrogens with one attached hydrogen (secondary N) is 1. The molecule has 33 heavy (non-hydrogen) atoms. The van der Waals surface area contributed by atoms with Crippen LogP contribution in [-0.4, -0.2) is 38.5 Å². The van der Waals surface area contributed by atoms with E-state index < -0.39 is 0 Å². The van der Waals surface area contributed by atoms with Crippen molar-refractivity contribution in [3.63, 3.8) is 0 Å². The van der Waals surface area contributed by atoms with E-state index in [-0.39, 0.29) is 5.97 Å². The number of ether oxygens (including phenoxy) is 1. The molecule has 176 valence electrons. The van der Waals surface area contributed by atoms with Crippen LogP contribution < -0.4 is 10.2 Å². The summed E-state index contributed by atoms with van der Waals surface area (Å²) in [6, 6.07) is 17.1. The maximum absolute atomic E-state index is 11.8. The van der Waals surface area contributed by atoms with Crippen LogP contribution in [0.5, 0.6) is 0 Å². The van der Waals surface area contributed by atoms with Gasteiger partial charge in [0.25, 0.3) is 0 Å². The molecule has 5 heteroatoms. The molecule has 0 radical (unpaired) electrons. The average molecular weight is 465 g/mol. The number of benzene rings is 2. The molecule has 1 saturated heterocycles. The molecule has 1 atom stereocenters. The Bertz CT molecular complexity index is 953. The molecule has 1 fully saturated rings. The molecule has 1 aliphatic heterocycles. The van der Waals surface area contributed by atoms with Gasteiger partial charge in [0, 0.05) is 49.4 Å². The van der Waals surface area contributed by atoms with Gasteiger partial charge in [0.05, 0.1) is 6.61 Å². The first kappa shape index (κ1) is 25.0. The fourth-order valence-electron chi connectivity index (χ4n) is 4.22. The number of carbonyl (C=O) groups is 1. The predicted molar refractivity (Wildman–Crippen MR) is 144 cm³/mol. The molecule has 0 saturated carbocycles. The van der Waals surface area contributed by atoms with Gasteiger partial charge in [-0.2, -0.15) is 12.6 Å². The topological polar surface area (TPSA) is 41.6 Å². The first-order valence-electron chi connectivity index (χ1n) is 11.9. The van der Waals surface area contributed by atoms with Crippen LogP contribution in [0.2, 0.25) is 0 Å². The van der Waals surface area contributed by atoms with Crippen molar-refractivity contribution in [1.29, 1.82) is 0 Å². The molecule has 2 aromatic carbocycles. The number of allylic oxidation sites excluding steroid dienone is 3. The van der Waals surface area contributed by atoms with Gasteiger partial charge in [-0.05, 0) is 61.3 Å². The van der Waals surface area contributed by atoms with Crippen molar-refractivity contribution < 1.29 is 9.53 Å². The van der Waals surface area contributed by atoms with E-state index in [1.807, 2.05) is 13.1 Å². The first-order chi connectivity index (χ1) is 16.1. The molecule has 1 heterocycles. The molecule has 0 spiro atoms. The minimum Gasteiger partial charge on any atom is -0.465 e. The van der Waals surface area contributed by atoms with Crippen molar-refractivity contribution in [2.75, 3.05) is 42.7 Å². The molecule has 4 nitrogen and oxygen atoms in total. The molecule has 0 aromatic heterocycles. The fourth-order valence-corrected chi connectivity index (χ4v) is 4.38. The minimum atomic E-state index is -0.102.